The van der Waals surface area contributed by atoms with E-state index in [2.05, 4.69) is 0 Å². The lowest BCUT2D eigenvalue weighted by atomic mass is 9.82. The number of ether oxygens (including phenoxy) is 1. The van der Waals surface area contributed by atoms with Crippen LogP contribution in [0, 0.1) is 0 Å². The van der Waals surface area contributed by atoms with Crippen molar-refractivity contribution >= 4 is 17.5 Å². The molecule has 1 aliphatic rings. The topological polar surface area (TPSA) is 121 Å². The number of benzene rings is 2. The van der Waals surface area contributed by atoms with E-state index in [1.54, 1.807) is 0 Å². The van der Waals surface area contributed by atoms with Crippen molar-refractivity contribution in [1.82, 2.24) is 0 Å². The molecule has 0 heterocycles. The fourth-order valence-corrected chi connectivity index (χ4v) is 2.71. The first-order chi connectivity index (χ1) is 11.4. The van der Waals surface area contributed by atoms with Crippen molar-refractivity contribution in [3.05, 3.63) is 52.1 Å². The Labute approximate surface area is 135 Å². The van der Waals surface area contributed by atoms with E-state index in [-0.39, 0.29) is 29.0 Å². The van der Waals surface area contributed by atoms with E-state index < -0.39 is 40.2 Å². The fourth-order valence-electron chi connectivity index (χ4n) is 2.71. The monoisotopic (exact) mass is 328 g/mol. The van der Waals surface area contributed by atoms with Crippen molar-refractivity contribution in [2.24, 2.45) is 0 Å². The number of phenols is 3. The van der Waals surface area contributed by atoms with Crippen LogP contribution < -0.4 is 0 Å². The van der Waals surface area contributed by atoms with Crippen LogP contribution in [-0.4, -0.2) is 39.5 Å². The standard InChI is InChI=1S/C17H12O7/c1-2-24-17(23)13-10(19)6-8-12(16(13)22)14(20)7-4-3-5-9(18)11(7)15(8)21/h3-6,18-19,22H,2H2,1H3. The third-order valence-electron chi connectivity index (χ3n) is 3.75. The summed E-state index contributed by atoms with van der Waals surface area (Å²) in [5, 5.41) is 30.1. The van der Waals surface area contributed by atoms with Crippen LogP contribution in [-0.2, 0) is 4.74 Å². The van der Waals surface area contributed by atoms with E-state index in [4.69, 9.17) is 4.74 Å². The van der Waals surface area contributed by atoms with Crippen LogP contribution in [0.1, 0.15) is 49.1 Å². The first-order valence-electron chi connectivity index (χ1n) is 7.05. The summed E-state index contributed by atoms with van der Waals surface area (Å²) < 4.78 is 4.74. The molecule has 0 aromatic heterocycles. The normalized spacial score (nSPS) is 12.5. The molecular formula is C17H12O7. The Morgan fingerprint density at radius 2 is 1.67 bits per heavy atom. The lowest BCUT2D eigenvalue weighted by Crippen LogP contribution is -2.22. The van der Waals surface area contributed by atoms with E-state index in [1.807, 2.05) is 0 Å². The van der Waals surface area contributed by atoms with Crippen molar-refractivity contribution in [2.75, 3.05) is 6.61 Å². The van der Waals surface area contributed by atoms with Gasteiger partial charge < -0.3 is 20.1 Å². The van der Waals surface area contributed by atoms with Gasteiger partial charge in [-0.1, -0.05) is 12.1 Å². The highest BCUT2D eigenvalue weighted by molar-refractivity contribution is 6.31. The zero-order chi connectivity index (χ0) is 17.6. The zero-order valence-corrected chi connectivity index (χ0v) is 12.5. The molecule has 7 heteroatoms. The number of carbonyl (C=O) groups is 3. The maximum absolute atomic E-state index is 12.6. The smallest absolute Gasteiger partial charge is 0.345 e. The highest BCUT2D eigenvalue weighted by Crippen LogP contribution is 2.41. The minimum Gasteiger partial charge on any atom is -0.507 e. The Bertz CT molecular complexity index is 912. The average molecular weight is 328 g/mol. The Morgan fingerprint density at radius 3 is 2.33 bits per heavy atom. The molecule has 0 bridgehead atoms. The van der Waals surface area contributed by atoms with Gasteiger partial charge in [0.05, 0.1) is 17.7 Å². The number of hydrogen-bond donors (Lipinski definition) is 3. The van der Waals surface area contributed by atoms with Crippen LogP contribution in [0.4, 0.5) is 0 Å². The van der Waals surface area contributed by atoms with Gasteiger partial charge in [0.15, 0.2) is 11.6 Å². The van der Waals surface area contributed by atoms with Gasteiger partial charge in [-0.3, -0.25) is 9.59 Å². The van der Waals surface area contributed by atoms with Gasteiger partial charge in [0.2, 0.25) is 0 Å². The highest BCUT2D eigenvalue weighted by atomic mass is 16.5. The molecule has 7 nitrogen and oxygen atoms in total. The van der Waals surface area contributed by atoms with Crippen LogP contribution in [0.25, 0.3) is 0 Å². The number of phenolic OH excluding ortho intramolecular Hbond substituents is 3. The van der Waals surface area contributed by atoms with Crippen molar-refractivity contribution in [1.29, 1.82) is 0 Å². The summed E-state index contributed by atoms with van der Waals surface area (Å²) in [6.07, 6.45) is 0. The van der Waals surface area contributed by atoms with Crippen LogP contribution in [0.15, 0.2) is 24.3 Å². The predicted octanol–water partition coefficient (Wildman–Crippen LogP) is 1.76. The second kappa shape index (κ2) is 5.38. The molecule has 3 N–H and O–H groups in total. The third kappa shape index (κ3) is 2.02. The number of aromatic hydroxyl groups is 3. The summed E-state index contributed by atoms with van der Waals surface area (Å²) in [5.74, 6) is -4.39. The molecular weight excluding hydrogens is 316 g/mol. The maximum Gasteiger partial charge on any atom is 0.345 e. The minimum atomic E-state index is -1.02. The fraction of sp³-hybridized carbons (Fsp3) is 0.118. The molecule has 2 aromatic rings. The van der Waals surface area contributed by atoms with Crippen molar-refractivity contribution in [3.63, 3.8) is 0 Å². The first kappa shape index (κ1) is 15.5. The Morgan fingerprint density at radius 1 is 1.00 bits per heavy atom. The maximum atomic E-state index is 12.6. The van der Waals surface area contributed by atoms with Gasteiger partial charge in [-0.25, -0.2) is 4.79 Å². The Hall–Kier alpha value is -3.35. The molecule has 0 saturated carbocycles. The minimum absolute atomic E-state index is 0.00161. The van der Waals surface area contributed by atoms with Crippen molar-refractivity contribution < 1.29 is 34.4 Å². The van der Waals surface area contributed by atoms with Gasteiger partial charge in [0, 0.05) is 11.1 Å². The number of rotatable bonds is 2. The molecule has 3 rings (SSSR count). The quantitative estimate of drug-likeness (QED) is 0.613. The van der Waals surface area contributed by atoms with Crippen LogP contribution in [0.3, 0.4) is 0 Å². The molecule has 0 saturated heterocycles. The van der Waals surface area contributed by atoms with Crippen LogP contribution in [0.2, 0.25) is 0 Å². The second-order valence-corrected chi connectivity index (χ2v) is 5.12. The number of fused-ring (bicyclic) bond motifs is 2. The number of ketones is 2. The number of esters is 1. The molecule has 0 spiro atoms. The molecule has 0 radical (unpaired) electrons. The van der Waals surface area contributed by atoms with Gasteiger partial charge in [0.25, 0.3) is 0 Å². The molecule has 0 aliphatic heterocycles. The van der Waals surface area contributed by atoms with E-state index in [1.165, 1.54) is 25.1 Å². The third-order valence-corrected chi connectivity index (χ3v) is 3.75. The number of hydrogen-bond acceptors (Lipinski definition) is 7. The molecule has 0 fully saturated rings. The second-order valence-electron chi connectivity index (χ2n) is 5.12. The Kier molecular flexibility index (Phi) is 3.48. The number of carbonyl (C=O) groups excluding carboxylic acids is 3. The molecule has 0 amide bonds. The van der Waals surface area contributed by atoms with Gasteiger partial charge in [-0.05, 0) is 19.1 Å². The van der Waals surface area contributed by atoms with Gasteiger partial charge in [0.1, 0.15) is 22.8 Å². The summed E-state index contributed by atoms with van der Waals surface area (Å²) in [6.45, 7) is 1.54. The van der Waals surface area contributed by atoms with E-state index in [9.17, 15) is 29.7 Å². The highest BCUT2D eigenvalue weighted by Gasteiger charge is 2.37. The van der Waals surface area contributed by atoms with E-state index in [0.29, 0.717) is 0 Å². The molecule has 122 valence electrons. The SMILES string of the molecule is CCOC(=O)c1c(O)cc2c(c1O)C(=O)c1cccc(O)c1C2=O. The van der Waals surface area contributed by atoms with Crippen molar-refractivity contribution in [3.8, 4) is 17.2 Å². The van der Waals surface area contributed by atoms with Gasteiger partial charge in [-0.2, -0.15) is 0 Å². The molecule has 0 unspecified atom stereocenters. The van der Waals surface area contributed by atoms with Crippen molar-refractivity contribution in [2.45, 2.75) is 6.92 Å². The first-order valence-corrected chi connectivity index (χ1v) is 7.05. The summed E-state index contributed by atoms with van der Waals surface area (Å²) in [5.41, 5.74) is -1.59. The largest absolute Gasteiger partial charge is 0.507 e. The molecule has 2 aromatic carbocycles. The van der Waals surface area contributed by atoms with Crippen LogP contribution in [0.5, 0.6) is 17.2 Å². The molecule has 0 atom stereocenters. The Balaban J connectivity index is 2.30. The van der Waals surface area contributed by atoms with E-state index >= 15 is 0 Å². The lowest BCUT2D eigenvalue weighted by Gasteiger charge is -2.20. The summed E-state index contributed by atoms with van der Waals surface area (Å²) >= 11 is 0. The average Bonchev–Trinajstić information content (AvgIpc) is 2.52. The van der Waals surface area contributed by atoms with Gasteiger partial charge in [-0.15, -0.1) is 0 Å². The van der Waals surface area contributed by atoms with Gasteiger partial charge >= 0.3 is 5.97 Å². The lowest BCUT2D eigenvalue weighted by molar-refractivity contribution is 0.0519. The van der Waals surface area contributed by atoms with Crippen LogP contribution >= 0.6 is 0 Å². The van der Waals surface area contributed by atoms with E-state index in [0.717, 1.165) is 6.07 Å². The summed E-state index contributed by atoms with van der Waals surface area (Å²) in [6, 6.07) is 4.88. The predicted molar refractivity (Wildman–Crippen MR) is 80.7 cm³/mol. The molecule has 1 aliphatic carbocycles. The summed E-state index contributed by atoms with van der Waals surface area (Å²) in [4.78, 5) is 37.0. The molecule has 24 heavy (non-hydrogen) atoms. The zero-order valence-electron chi connectivity index (χ0n) is 12.5. The summed E-state index contributed by atoms with van der Waals surface area (Å²) in [7, 11) is 0.